The Balaban J connectivity index is 1.87. The van der Waals surface area contributed by atoms with E-state index in [0.29, 0.717) is 19.0 Å². The van der Waals surface area contributed by atoms with Crippen LogP contribution in [0.5, 0.6) is 0 Å². The fraction of sp³-hybridized carbons (Fsp3) is 0.533. The number of fused-ring (bicyclic) bond motifs is 1. The van der Waals surface area contributed by atoms with Crippen LogP contribution >= 0.6 is 0 Å². The van der Waals surface area contributed by atoms with Crippen molar-refractivity contribution in [2.45, 2.75) is 24.9 Å². The maximum absolute atomic E-state index is 11.1. The Morgan fingerprint density at radius 2 is 1.89 bits per heavy atom. The molecule has 4 nitrogen and oxygen atoms in total. The second-order valence-electron chi connectivity index (χ2n) is 5.69. The van der Waals surface area contributed by atoms with Gasteiger partial charge < -0.3 is 15.1 Å². The van der Waals surface area contributed by atoms with Crippen molar-refractivity contribution in [2.24, 2.45) is 11.8 Å². The summed E-state index contributed by atoms with van der Waals surface area (Å²) >= 11 is 0. The van der Waals surface area contributed by atoms with Crippen molar-refractivity contribution < 1.29 is 15.0 Å². The van der Waals surface area contributed by atoms with Crippen LogP contribution in [0.2, 0.25) is 0 Å². The van der Waals surface area contributed by atoms with Gasteiger partial charge in [-0.1, -0.05) is 30.3 Å². The highest BCUT2D eigenvalue weighted by Gasteiger charge is 2.45. The normalized spacial score (nSPS) is 34.1. The van der Waals surface area contributed by atoms with Crippen LogP contribution in [0, 0.1) is 11.8 Å². The van der Waals surface area contributed by atoms with Crippen molar-refractivity contribution in [1.29, 1.82) is 0 Å². The topological polar surface area (TPSA) is 60.8 Å². The Labute approximate surface area is 112 Å². The molecule has 1 saturated heterocycles. The quantitative estimate of drug-likeness (QED) is 0.814. The second-order valence-corrected chi connectivity index (χ2v) is 5.69. The van der Waals surface area contributed by atoms with E-state index < -0.39 is 6.09 Å². The van der Waals surface area contributed by atoms with E-state index in [-0.39, 0.29) is 17.9 Å². The molecule has 19 heavy (non-hydrogen) atoms. The van der Waals surface area contributed by atoms with Gasteiger partial charge in [-0.2, -0.15) is 0 Å². The lowest BCUT2D eigenvalue weighted by molar-refractivity contribution is 0.0590. The van der Waals surface area contributed by atoms with Gasteiger partial charge in [-0.25, -0.2) is 4.79 Å². The largest absolute Gasteiger partial charge is 0.465 e. The van der Waals surface area contributed by atoms with Crippen LogP contribution in [0.15, 0.2) is 30.3 Å². The maximum atomic E-state index is 11.1. The van der Waals surface area contributed by atoms with E-state index in [4.69, 9.17) is 5.11 Å². The molecule has 4 unspecified atom stereocenters. The van der Waals surface area contributed by atoms with E-state index >= 15 is 0 Å². The third kappa shape index (κ3) is 2.21. The number of carbonyl (C=O) groups is 1. The summed E-state index contributed by atoms with van der Waals surface area (Å²) in [7, 11) is 0. The molecule has 4 heteroatoms. The minimum atomic E-state index is -0.837. The zero-order valence-electron chi connectivity index (χ0n) is 10.8. The third-order valence-electron chi connectivity index (χ3n) is 4.66. The lowest BCUT2D eigenvalue weighted by Gasteiger charge is -2.37. The highest BCUT2D eigenvalue weighted by Crippen LogP contribution is 2.45. The number of nitrogens with zero attached hydrogens (tertiary/aromatic N) is 1. The summed E-state index contributed by atoms with van der Waals surface area (Å²) in [6.45, 7) is 1.17. The average Bonchev–Trinajstić information content (AvgIpc) is 2.83. The Kier molecular flexibility index (Phi) is 3.19. The molecule has 1 aromatic rings. The van der Waals surface area contributed by atoms with Crippen LogP contribution in [0.4, 0.5) is 4.79 Å². The zero-order valence-corrected chi connectivity index (χ0v) is 10.8. The SMILES string of the molecule is O=C(O)N1CC2CCC(O)C(c3ccccc3)C2C1. The summed E-state index contributed by atoms with van der Waals surface area (Å²) in [4.78, 5) is 12.6. The number of rotatable bonds is 1. The van der Waals surface area contributed by atoms with Gasteiger partial charge in [-0.05, 0) is 30.2 Å². The molecule has 0 bridgehead atoms. The minimum absolute atomic E-state index is 0.0734. The lowest BCUT2D eigenvalue weighted by Crippen LogP contribution is -2.35. The molecule has 1 aliphatic carbocycles. The van der Waals surface area contributed by atoms with Gasteiger partial charge in [0.25, 0.3) is 0 Å². The van der Waals surface area contributed by atoms with Crippen molar-refractivity contribution in [1.82, 2.24) is 4.90 Å². The first kappa shape index (κ1) is 12.5. The molecule has 4 atom stereocenters. The first-order valence-electron chi connectivity index (χ1n) is 6.87. The average molecular weight is 261 g/mol. The zero-order chi connectivity index (χ0) is 13.4. The fourth-order valence-corrected chi connectivity index (χ4v) is 3.76. The van der Waals surface area contributed by atoms with Crippen molar-refractivity contribution in [3.8, 4) is 0 Å². The summed E-state index contributed by atoms with van der Waals surface area (Å²) in [6.07, 6.45) is 0.515. The number of aliphatic hydroxyl groups excluding tert-OH is 1. The van der Waals surface area contributed by atoms with Crippen molar-refractivity contribution in [3.05, 3.63) is 35.9 Å². The smallest absolute Gasteiger partial charge is 0.407 e. The number of carboxylic acid groups (broad SMARTS) is 1. The second kappa shape index (κ2) is 4.85. The van der Waals surface area contributed by atoms with E-state index in [2.05, 4.69) is 0 Å². The van der Waals surface area contributed by atoms with Crippen molar-refractivity contribution in [2.75, 3.05) is 13.1 Å². The molecule has 0 aromatic heterocycles. The van der Waals surface area contributed by atoms with Gasteiger partial charge in [0.15, 0.2) is 0 Å². The molecule has 3 rings (SSSR count). The van der Waals surface area contributed by atoms with Crippen LogP contribution in [-0.2, 0) is 0 Å². The molecular formula is C15H19NO3. The first-order chi connectivity index (χ1) is 9.16. The van der Waals surface area contributed by atoms with E-state index in [1.807, 2.05) is 30.3 Å². The van der Waals surface area contributed by atoms with Gasteiger partial charge in [-0.3, -0.25) is 0 Å². The van der Waals surface area contributed by atoms with Gasteiger partial charge in [0.2, 0.25) is 0 Å². The predicted octanol–water partition coefficient (Wildman–Crippen LogP) is 2.15. The standard InChI is InChI=1S/C15H19NO3/c17-13-7-6-11-8-16(15(18)19)9-12(11)14(13)10-4-2-1-3-5-10/h1-5,11-14,17H,6-9H2,(H,18,19). The maximum Gasteiger partial charge on any atom is 0.407 e. The number of likely N-dealkylation sites (tertiary alicyclic amines) is 1. The molecule has 1 saturated carbocycles. The lowest BCUT2D eigenvalue weighted by atomic mass is 9.69. The van der Waals surface area contributed by atoms with Gasteiger partial charge >= 0.3 is 6.09 Å². The Hall–Kier alpha value is -1.55. The molecule has 0 radical (unpaired) electrons. The van der Waals surface area contributed by atoms with E-state index in [1.54, 1.807) is 0 Å². The van der Waals surface area contributed by atoms with Crippen LogP contribution in [0.25, 0.3) is 0 Å². The molecule has 1 amide bonds. The van der Waals surface area contributed by atoms with E-state index in [9.17, 15) is 9.90 Å². The molecule has 0 spiro atoms. The van der Waals surface area contributed by atoms with E-state index in [1.165, 1.54) is 4.90 Å². The molecule has 2 aliphatic rings. The monoisotopic (exact) mass is 261 g/mol. The summed E-state index contributed by atoms with van der Waals surface area (Å²) in [6, 6.07) is 10.0. The number of aliphatic hydroxyl groups is 1. The summed E-state index contributed by atoms with van der Waals surface area (Å²) in [5, 5.41) is 19.5. The Morgan fingerprint density at radius 3 is 2.58 bits per heavy atom. The highest BCUT2D eigenvalue weighted by atomic mass is 16.4. The van der Waals surface area contributed by atoms with Crippen LogP contribution in [-0.4, -0.2) is 40.4 Å². The molecule has 2 fully saturated rings. The van der Waals surface area contributed by atoms with Gasteiger partial charge in [-0.15, -0.1) is 0 Å². The predicted molar refractivity (Wildman–Crippen MR) is 71.0 cm³/mol. The third-order valence-corrected chi connectivity index (χ3v) is 4.66. The minimum Gasteiger partial charge on any atom is -0.465 e. The molecule has 2 N–H and O–H groups in total. The van der Waals surface area contributed by atoms with Crippen LogP contribution < -0.4 is 0 Å². The molecule has 102 valence electrons. The van der Waals surface area contributed by atoms with E-state index in [0.717, 1.165) is 18.4 Å². The molecule has 1 aromatic carbocycles. The van der Waals surface area contributed by atoms with Gasteiger partial charge in [0.1, 0.15) is 0 Å². The van der Waals surface area contributed by atoms with Crippen LogP contribution in [0.3, 0.4) is 0 Å². The molecular weight excluding hydrogens is 242 g/mol. The number of hydrogen-bond donors (Lipinski definition) is 2. The number of amides is 1. The van der Waals surface area contributed by atoms with Crippen molar-refractivity contribution >= 4 is 6.09 Å². The van der Waals surface area contributed by atoms with Crippen LogP contribution in [0.1, 0.15) is 24.3 Å². The van der Waals surface area contributed by atoms with Gasteiger partial charge in [0.05, 0.1) is 6.10 Å². The fourth-order valence-electron chi connectivity index (χ4n) is 3.76. The number of hydrogen-bond acceptors (Lipinski definition) is 2. The summed E-state index contributed by atoms with van der Waals surface area (Å²) < 4.78 is 0. The van der Waals surface area contributed by atoms with Crippen molar-refractivity contribution in [3.63, 3.8) is 0 Å². The Morgan fingerprint density at radius 1 is 1.16 bits per heavy atom. The summed E-state index contributed by atoms with van der Waals surface area (Å²) in [5.74, 6) is 0.719. The summed E-state index contributed by atoms with van der Waals surface area (Å²) in [5.41, 5.74) is 1.14. The number of benzene rings is 1. The molecule has 1 aliphatic heterocycles. The highest BCUT2D eigenvalue weighted by molar-refractivity contribution is 5.65. The first-order valence-corrected chi connectivity index (χ1v) is 6.87. The van der Waals surface area contributed by atoms with Gasteiger partial charge in [0, 0.05) is 19.0 Å². The Bertz CT molecular complexity index is 462. The molecule has 1 heterocycles.